The summed E-state index contributed by atoms with van der Waals surface area (Å²) in [6, 6.07) is 15.4. The van der Waals surface area contributed by atoms with Crippen LogP contribution in [0.4, 0.5) is 0 Å². The highest BCUT2D eigenvalue weighted by Crippen LogP contribution is 2.24. The lowest BCUT2D eigenvalue weighted by atomic mass is 10.2. The van der Waals surface area contributed by atoms with Gasteiger partial charge in [0.15, 0.2) is 5.16 Å². The van der Waals surface area contributed by atoms with Gasteiger partial charge in [0.2, 0.25) is 5.78 Å². The van der Waals surface area contributed by atoms with Crippen LogP contribution in [0.2, 0.25) is 0 Å². The lowest BCUT2D eigenvalue weighted by Crippen LogP contribution is -2.21. The lowest BCUT2D eigenvalue weighted by molar-refractivity contribution is 0.284. The molecule has 0 saturated carbocycles. The maximum absolute atomic E-state index is 13.2. The van der Waals surface area contributed by atoms with E-state index in [1.54, 1.807) is 16.3 Å². The van der Waals surface area contributed by atoms with E-state index < -0.39 is 0 Å². The van der Waals surface area contributed by atoms with Crippen LogP contribution in [0.25, 0.3) is 22.4 Å². The monoisotopic (exact) mass is 394 g/mol. The van der Waals surface area contributed by atoms with Gasteiger partial charge in [0, 0.05) is 12.4 Å². The average molecular weight is 395 g/mol. The van der Waals surface area contributed by atoms with Crippen molar-refractivity contribution in [2.45, 2.75) is 31.3 Å². The Morgan fingerprint density at radius 2 is 1.79 bits per heavy atom. The molecule has 0 atom stereocenters. The van der Waals surface area contributed by atoms with Crippen LogP contribution in [-0.4, -0.2) is 36.6 Å². The largest absolute Gasteiger partial charge is 0.396 e. The number of benzene rings is 2. The Morgan fingerprint density at radius 3 is 2.57 bits per heavy atom. The van der Waals surface area contributed by atoms with Crippen LogP contribution in [0.15, 0.2) is 58.5 Å². The van der Waals surface area contributed by atoms with Crippen LogP contribution < -0.4 is 5.56 Å². The van der Waals surface area contributed by atoms with Gasteiger partial charge in [0.05, 0.1) is 16.6 Å². The van der Waals surface area contributed by atoms with E-state index in [2.05, 4.69) is 10.2 Å². The number of aromatic nitrogens is 4. The standard InChI is InChI=1S/C21H22N4O2S/c1-15-9-11-16(12-10-15)24-19(27)17-7-3-4-8-18(17)25-20(24)22-23-21(25)28-14-6-2-5-13-26/h3-4,7-12,26H,2,5-6,13-14H2,1H3. The number of rotatable bonds is 7. The molecule has 0 radical (unpaired) electrons. The zero-order valence-corrected chi connectivity index (χ0v) is 16.5. The third-order valence-corrected chi connectivity index (χ3v) is 5.74. The summed E-state index contributed by atoms with van der Waals surface area (Å²) in [5, 5.41) is 19.1. The molecule has 0 unspecified atom stereocenters. The second-order valence-electron chi connectivity index (χ2n) is 6.74. The minimum Gasteiger partial charge on any atom is -0.396 e. The van der Waals surface area contributed by atoms with E-state index in [4.69, 9.17) is 5.11 Å². The number of aliphatic hydroxyl groups excluding tert-OH is 1. The summed E-state index contributed by atoms with van der Waals surface area (Å²) in [5.74, 6) is 1.41. The first kappa shape index (κ1) is 18.7. The van der Waals surface area contributed by atoms with Crippen molar-refractivity contribution in [3.05, 3.63) is 64.4 Å². The Hall–Kier alpha value is -2.64. The second kappa shape index (κ2) is 8.16. The molecule has 144 valence electrons. The van der Waals surface area contributed by atoms with Crippen molar-refractivity contribution in [3.8, 4) is 5.69 Å². The number of unbranched alkanes of at least 4 members (excludes halogenated alkanes) is 2. The van der Waals surface area contributed by atoms with E-state index in [1.165, 1.54) is 0 Å². The zero-order valence-electron chi connectivity index (χ0n) is 15.7. The molecule has 0 aliphatic heterocycles. The van der Waals surface area contributed by atoms with Crippen molar-refractivity contribution in [3.63, 3.8) is 0 Å². The van der Waals surface area contributed by atoms with Crippen molar-refractivity contribution in [2.75, 3.05) is 12.4 Å². The maximum atomic E-state index is 13.2. The highest BCUT2D eigenvalue weighted by molar-refractivity contribution is 7.99. The highest BCUT2D eigenvalue weighted by Gasteiger charge is 2.17. The third kappa shape index (κ3) is 3.43. The Kier molecular flexibility index (Phi) is 5.45. The average Bonchev–Trinajstić information content (AvgIpc) is 3.13. The predicted molar refractivity (Wildman–Crippen MR) is 112 cm³/mol. The Labute approximate surface area is 166 Å². The van der Waals surface area contributed by atoms with Gasteiger partial charge in [-0.15, -0.1) is 10.2 Å². The SMILES string of the molecule is Cc1ccc(-n2c(=O)c3ccccc3n3c(SCCCCCO)nnc23)cc1. The minimum absolute atomic E-state index is 0.0983. The van der Waals surface area contributed by atoms with Gasteiger partial charge in [-0.2, -0.15) is 0 Å². The first-order valence-electron chi connectivity index (χ1n) is 9.40. The number of aryl methyl sites for hydroxylation is 1. The van der Waals surface area contributed by atoms with Crippen molar-refractivity contribution < 1.29 is 5.11 Å². The van der Waals surface area contributed by atoms with Crippen LogP contribution in [0.3, 0.4) is 0 Å². The number of hydrogen-bond donors (Lipinski definition) is 1. The van der Waals surface area contributed by atoms with E-state index in [-0.39, 0.29) is 12.2 Å². The summed E-state index contributed by atoms with van der Waals surface area (Å²) in [4.78, 5) is 13.2. The van der Waals surface area contributed by atoms with Crippen molar-refractivity contribution >= 4 is 28.4 Å². The molecule has 0 amide bonds. The molecule has 0 spiro atoms. The van der Waals surface area contributed by atoms with E-state index in [1.807, 2.05) is 59.9 Å². The smallest absolute Gasteiger partial charge is 0.267 e. The van der Waals surface area contributed by atoms with Crippen LogP contribution in [0.1, 0.15) is 24.8 Å². The van der Waals surface area contributed by atoms with Crippen LogP contribution in [0, 0.1) is 6.92 Å². The molecule has 4 rings (SSSR count). The Balaban J connectivity index is 1.86. The molecule has 4 aromatic rings. The molecule has 2 aromatic heterocycles. The van der Waals surface area contributed by atoms with E-state index >= 15 is 0 Å². The van der Waals surface area contributed by atoms with E-state index in [9.17, 15) is 4.79 Å². The first-order chi connectivity index (χ1) is 13.7. The Morgan fingerprint density at radius 1 is 1.00 bits per heavy atom. The molecule has 2 aromatic carbocycles. The van der Waals surface area contributed by atoms with Crippen molar-refractivity contribution in [2.24, 2.45) is 0 Å². The molecule has 0 fully saturated rings. The molecule has 2 heterocycles. The number of para-hydroxylation sites is 1. The first-order valence-corrected chi connectivity index (χ1v) is 10.4. The molecule has 1 N–H and O–H groups in total. The zero-order chi connectivity index (χ0) is 19.5. The molecule has 28 heavy (non-hydrogen) atoms. The quantitative estimate of drug-likeness (QED) is 0.383. The lowest BCUT2D eigenvalue weighted by Gasteiger charge is -2.11. The highest BCUT2D eigenvalue weighted by atomic mass is 32.2. The number of hydrogen-bond acceptors (Lipinski definition) is 5. The van der Waals surface area contributed by atoms with Gasteiger partial charge >= 0.3 is 0 Å². The molecule has 0 aliphatic carbocycles. The fourth-order valence-electron chi connectivity index (χ4n) is 3.25. The number of fused-ring (bicyclic) bond motifs is 3. The summed E-state index contributed by atoms with van der Waals surface area (Å²) in [5.41, 5.74) is 2.63. The third-order valence-electron chi connectivity index (χ3n) is 4.72. The minimum atomic E-state index is -0.0983. The van der Waals surface area contributed by atoms with Gasteiger partial charge in [-0.3, -0.25) is 9.20 Å². The topological polar surface area (TPSA) is 72.4 Å². The predicted octanol–water partition coefficient (Wildman–Crippen LogP) is 3.60. The van der Waals surface area contributed by atoms with Gasteiger partial charge in [0.1, 0.15) is 0 Å². The van der Waals surface area contributed by atoms with E-state index in [0.717, 1.165) is 46.9 Å². The fourth-order valence-corrected chi connectivity index (χ4v) is 4.19. The fraction of sp³-hybridized carbons (Fsp3) is 0.286. The van der Waals surface area contributed by atoms with Crippen LogP contribution >= 0.6 is 11.8 Å². The summed E-state index contributed by atoms with van der Waals surface area (Å²) in [6.07, 6.45) is 2.79. The number of thioether (sulfide) groups is 1. The van der Waals surface area contributed by atoms with Crippen molar-refractivity contribution in [1.82, 2.24) is 19.2 Å². The van der Waals surface area contributed by atoms with Crippen LogP contribution in [0.5, 0.6) is 0 Å². The van der Waals surface area contributed by atoms with Crippen LogP contribution in [-0.2, 0) is 0 Å². The number of nitrogens with zero attached hydrogens (tertiary/aromatic N) is 4. The summed E-state index contributed by atoms with van der Waals surface area (Å²) in [7, 11) is 0. The molecule has 7 heteroatoms. The molecular weight excluding hydrogens is 372 g/mol. The maximum Gasteiger partial charge on any atom is 0.267 e. The van der Waals surface area contributed by atoms with Gasteiger partial charge < -0.3 is 5.11 Å². The molecule has 0 aliphatic rings. The van der Waals surface area contributed by atoms with Gasteiger partial charge in [-0.1, -0.05) is 48.0 Å². The van der Waals surface area contributed by atoms with E-state index in [0.29, 0.717) is 11.2 Å². The van der Waals surface area contributed by atoms with Gasteiger partial charge in [-0.25, -0.2) is 4.57 Å². The molecule has 0 bridgehead atoms. The summed E-state index contributed by atoms with van der Waals surface area (Å²) in [6.45, 7) is 2.25. The number of aliphatic hydroxyl groups is 1. The normalized spacial score (nSPS) is 11.5. The van der Waals surface area contributed by atoms with Crippen molar-refractivity contribution in [1.29, 1.82) is 0 Å². The Bertz CT molecular complexity index is 1160. The molecule has 0 saturated heterocycles. The summed E-state index contributed by atoms with van der Waals surface area (Å²) < 4.78 is 3.60. The summed E-state index contributed by atoms with van der Waals surface area (Å²) >= 11 is 1.63. The van der Waals surface area contributed by atoms with Gasteiger partial charge in [-0.05, 0) is 44.0 Å². The van der Waals surface area contributed by atoms with Gasteiger partial charge in [0.25, 0.3) is 5.56 Å². The second-order valence-corrected chi connectivity index (χ2v) is 7.81. The molecular formula is C21H22N4O2S. The molecule has 6 nitrogen and oxygen atoms in total.